The third-order valence-corrected chi connectivity index (χ3v) is 5.83. The molecule has 4 heterocycles. The highest BCUT2D eigenvalue weighted by atomic mass is 19.4. The summed E-state index contributed by atoms with van der Waals surface area (Å²) in [6.45, 7) is 1.02. The largest absolute Gasteiger partial charge is 0.487 e. The second kappa shape index (κ2) is 6.91. The van der Waals surface area contributed by atoms with Crippen molar-refractivity contribution in [3.63, 3.8) is 0 Å². The summed E-state index contributed by atoms with van der Waals surface area (Å²) in [5.74, 6) is 1.90. The summed E-state index contributed by atoms with van der Waals surface area (Å²) in [5.41, 5.74) is 3.23. The number of fused-ring (bicyclic) bond motifs is 2. The minimum Gasteiger partial charge on any atom is -0.487 e. The Balaban J connectivity index is 1.56. The van der Waals surface area contributed by atoms with Crippen molar-refractivity contribution in [2.24, 2.45) is 0 Å². The van der Waals surface area contributed by atoms with Crippen molar-refractivity contribution in [1.29, 1.82) is 0 Å². The van der Waals surface area contributed by atoms with Gasteiger partial charge in [-0.3, -0.25) is 4.98 Å². The Morgan fingerprint density at radius 2 is 1.81 bits per heavy atom. The van der Waals surface area contributed by atoms with Gasteiger partial charge in [-0.2, -0.15) is 13.2 Å². The maximum absolute atomic E-state index is 13.6. The van der Waals surface area contributed by atoms with E-state index < -0.39 is 11.7 Å². The highest BCUT2D eigenvalue weighted by molar-refractivity contribution is 5.96. The molecular weight excluding hydrogens is 421 g/mol. The summed E-state index contributed by atoms with van der Waals surface area (Å²) in [7, 11) is 0. The first-order chi connectivity index (χ1) is 15.5. The third kappa shape index (κ3) is 2.90. The molecule has 0 atom stereocenters. The van der Waals surface area contributed by atoms with E-state index >= 15 is 0 Å². The molecule has 3 aromatic rings. The summed E-state index contributed by atoms with van der Waals surface area (Å²) < 4.78 is 58.7. The fourth-order valence-corrected chi connectivity index (χ4v) is 4.47. The first kappa shape index (κ1) is 19.0. The predicted molar refractivity (Wildman–Crippen MR) is 112 cm³/mol. The van der Waals surface area contributed by atoms with Crippen molar-refractivity contribution in [3.8, 4) is 28.4 Å². The fraction of sp³-hybridized carbons (Fsp3) is 0.208. The Kier molecular flexibility index (Phi) is 4.11. The van der Waals surface area contributed by atoms with Crippen LogP contribution in [0.15, 0.2) is 54.4 Å². The normalized spacial score (nSPS) is 16.0. The van der Waals surface area contributed by atoms with E-state index in [2.05, 4.69) is 4.98 Å². The zero-order valence-electron chi connectivity index (χ0n) is 16.8. The smallest absolute Gasteiger partial charge is 0.418 e. The second-order valence-electron chi connectivity index (χ2n) is 7.71. The highest BCUT2D eigenvalue weighted by Gasteiger charge is 2.36. The van der Waals surface area contributed by atoms with Crippen LogP contribution in [0.1, 0.15) is 16.8 Å². The number of anilines is 1. The Labute approximate surface area is 181 Å². The zero-order chi connectivity index (χ0) is 21.9. The summed E-state index contributed by atoms with van der Waals surface area (Å²) in [4.78, 5) is 5.91. The van der Waals surface area contributed by atoms with E-state index in [9.17, 15) is 13.2 Å². The van der Waals surface area contributed by atoms with Gasteiger partial charge in [-0.15, -0.1) is 0 Å². The molecule has 8 heteroatoms. The van der Waals surface area contributed by atoms with Gasteiger partial charge in [0.25, 0.3) is 0 Å². The van der Waals surface area contributed by atoms with Gasteiger partial charge < -0.3 is 19.1 Å². The topological polar surface area (TPSA) is 43.8 Å². The standard InChI is InChI=1S/C24H17F3N2O3/c25-24(26,27)17-5-3-7-28-18(17)12-29-14-10-16-22(15-4-1-2-6-19(15)29)20(32-13-14)11-21-23(16)31-9-8-30-21/h1-7,10-11H,8-9,12-13H2. The molecule has 0 saturated heterocycles. The number of benzene rings is 2. The molecule has 0 fully saturated rings. The van der Waals surface area contributed by atoms with Crippen molar-refractivity contribution in [3.05, 3.63) is 71.2 Å². The minimum absolute atomic E-state index is 0.0472. The number of para-hydroxylation sites is 1. The fourth-order valence-electron chi connectivity index (χ4n) is 4.47. The van der Waals surface area contributed by atoms with Gasteiger partial charge in [0, 0.05) is 34.6 Å². The first-order valence-electron chi connectivity index (χ1n) is 10.2. The maximum Gasteiger partial charge on any atom is 0.418 e. The van der Waals surface area contributed by atoms with E-state index in [0.717, 1.165) is 28.4 Å². The molecule has 0 spiro atoms. The van der Waals surface area contributed by atoms with Gasteiger partial charge in [0.2, 0.25) is 0 Å². The molecule has 6 rings (SSSR count). The van der Waals surface area contributed by atoms with E-state index in [1.807, 2.05) is 41.3 Å². The highest BCUT2D eigenvalue weighted by Crippen LogP contribution is 2.53. The van der Waals surface area contributed by atoms with Gasteiger partial charge in [-0.05, 0) is 24.3 Å². The Hall–Kier alpha value is -3.68. The number of hydrogen-bond acceptors (Lipinski definition) is 5. The Morgan fingerprint density at radius 3 is 2.69 bits per heavy atom. The Bertz CT molecular complexity index is 1270. The summed E-state index contributed by atoms with van der Waals surface area (Å²) >= 11 is 0. The van der Waals surface area contributed by atoms with Crippen LogP contribution in [-0.2, 0) is 12.7 Å². The van der Waals surface area contributed by atoms with Crippen molar-refractivity contribution in [2.75, 3.05) is 24.7 Å². The number of nitrogens with zero attached hydrogens (tertiary/aromatic N) is 2. The number of pyridine rings is 1. The molecule has 0 amide bonds. The number of aromatic nitrogens is 1. The van der Waals surface area contributed by atoms with Crippen LogP contribution in [0.25, 0.3) is 17.2 Å². The Morgan fingerprint density at radius 1 is 0.969 bits per heavy atom. The molecule has 0 radical (unpaired) electrons. The van der Waals surface area contributed by atoms with Gasteiger partial charge >= 0.3 is 6.18 Å². The molecule has 32 heavy (non-hydrogen) atoms. The van der Waals surface area contributed by atoms with E-state index in [1.54, 1.807) is 0 Å². The molecular formula is C24H17F3N2O3. The molecule has 2 aromatic carbocycles. The van der Waals surface area contributed by atoms with Gasteiger partial charge in [0.05, 0.1) is 23.5 Å². The van der Waals surface area contributed by atoms with E-state index in [-0.39, 0.29) is 18.8 Å². The van der Waals surface area contributed by atoms with E-state index in [0.29, 0.717) is 36.2 Å². The molecule has 3 aliphatic rings. The predicted octanol–water partition coefficient (Wildman–Crippen LogP) is 5.29. The van der Waals surface area contributed by atoms with Crippen molar-refractivity contribution < 1.29 is 27.4 Å². The third-order valence-electron chi connectivity index (χ3n) is 5.83. The minimum atomic E-state index is -4.49. The lowest BCUT2D eigenvalue weighted by atomic mass is 9.96. The van der Waals surface area contributed by atoms with Crippen LogP contribution >= 0.6 is 0 Å². The molecule has 1 aromatic heterocycles. The van der Waals surface area contributed by atoms with Crippen molar-refractivity contribution in [2.45, 2.75) is 12.7 Å². The molecule has 3 aliphatic heterocycles. The molecule has 0 aliphatic carbocycles. The van der Waals surface area contributed by atoms with Crippen LogP contribution in [-0.4, -0.2) is 24.8 Å². The van der Waals surface area contributed by atoms with Gasteiger partial charge in [0.1, 0.15) is 25.6 Å². The van der Waals surface area contributed by atoms with Crippen LogP contribution in [0.2, 0.25) is 0 Å². The average Bonchev–Trinajstić information content (AvgIpc) is 3.01. The van der Waals surface area contributed by atoms with E-state index in [4.69, 9.17) is 14.2 Å². The zero-order valence-corrected chi connectivity index (χ0v) is 16.8. The molecule has 0 saturated carbocycles. The first-order valence-corrected chi connectivity index (χ1v) is 10.2. The lowest BCUT2D eigenvalue weighted by molar-refractivity contribution is -0.138. The number of hydrogen-bond donors (Lipinski definition) is 0. The molecule has 4 bridgehead atoms. The number of ether oxygens (including phenoxy) is 3. The lowest BCUT2D eigenvalue weighted by Crippen LogP contribution is -2.28. The summed E-state index contributed by atoms with van der Waals surface area (Å²) in [6, 6.07) is 11.8. The summed E-state index contributed by atoms with van der Waals surface area (Å²) in [5, 5.41) is 0. The monoisotopic (exact) mass is 438 g/mol. The number of halogens is 3. The maximum atomic E-state index is 13.6. The molecule has 5 nitrogen and oxygen atoms in total. The van der Waals surface area contributed by atoms with Gasteiger partial charge in [-0.25, -0.2) is 0 Å². The van der Waals surface area contributed by atoms with Gasteiger partial charge in [-0.1, -0.05) is 18.2 Å². The van der Waals surface area contributed by atoms with Crippen molar-refractivity contribution >= 4 is 11.8 Å². The van der Waals surface area contributed by atoms with E-state index in [1.165, 1.54) is 12.3 Å². The molecule has 0 unspecified atom stereocenters. The van der Waals surface area contributed by atoms with Crippen LogP contribution in [0, 0.1) is 0 Å². The average molecular weight is 438 g/mol. The van der Waals surface area contributed by atoms with Crippen molar-refractivity contribution in [1.82, 2.24) is 4.98 Å². The van der Waals surface area contributed by atoms with Crippen LogP contribution in [0.3, 0.4) is 0 Å². The van der Waals surface area contributed by atoms with Crippen LogP contribution < -0.4 is 19.1 Å². The molecule has 162 valence electrons. The lowest BCUT2D eigenvalue weighted by Gasteiger charge is -2.31. The summed E-state index contributed by atoms with van der Waals surface area (Å²) in [6.07, 6.45) is -1.18. The van der Waals surface area contributed by atoms with Gasteiger partial charge in [0.15, 0.2) is 11.5 Å². The SMILES string of the molecule is FC(F)(F)c1cccnc1CN1C2=Cc3c4c(cc(c3-c3ccccc31)OC2)OCCO4. The quantitative estimate of drug-likeness (QED) is 0.544. The van der Waals surface area contributed by atoms with Crippen LogP contribution in [0.5, 0.6) is 17.2 Å². The number of rotatable bonds is 2. The second-order valence-corrected chi connectivity index (χ2v) is 7.71. The van der Waals surface area contributed by atoms with Crippen LogP contribution in [0.4, 0.5) is 18.9 Å². The molecule has 0 N–H and O–H groups in total. The number of alkyl halides is 3.